The van der Waals surface area contributed by atoms with Gasteiger partial charge in [-0.05, 0) is 45.9 Å². The van der Waals surface area contributed by atoms with Gasteiger partial charge < -0.3 is 14.8 Å². The number of amides is 1. The molecule has 1 N–H and O–H groups in total. The van der Waals surface area contributed by atoms with Gasteiger partial charge in [0.05, 0.1) is 22.7 Å². The molecule has 27 heavy (non-hydrogen) atoms. The lowest BCUT2D eigenvalue weighted by Crippen LogP contribution is -2.48. The van der Waals surface area contributed by atoms with Crippen molar-refractivity contribution in [1.82, 2.24) is 9.62 Å². The molecule has 1 fully saturated rings. The van der Waals surface area contributed by atoms with Crippen LogP contribution in [0.5, 0.6) is 0 Å². The fourth-order valence-corrected chi connectivity index (χ4v) is 4.47. The van der Waals surface area contributed by atoms with E-state index in [0.29, 0.717) is 0 Å². The Balaban J connectivity index is 2.12. The van der Waals surface area contributed by atoms with Gasteiger partial charge in [0.15, 0.2) is 6.61 Å². The second-order valence-electron chi connectivity index (χ2n) is 6.91. The number of nitrogens with zero attached hydrogens (tertiary/aromatic N) is 1. The van der Waals surface area contributed by atoms with Crippen molar-refractivity contribution >= 4 is 21.9 Å². The van der Waals surface area contributed by atoms with Gasteiger partial charge in [-0.3, -0.25) is 4.79 Å². The zero-order valence-corrected chi connectivity index (χ0v) is 16.8. The number of rotatable bonds is 6. The van der Waals surface area contributed by atoms with Gasteiger partial charge in [0, 0.05) is 19.1 Å². The lowest BCUT2D eigenvalue weighted by atomic mass is 10.2. The summed E-state index contributed by atoms with van der Waals surface area (Å²) < 4.78 is 37.7. The highest BCUT2D eigenvalue weighted by Crippen LogP contribution is 2.22. The van der Waals surface area contributed by atoms with Crippen LogP contribution in [-0.2, 0) is 24.3 Å². The fourth-order valence-electron chi connectivity index (χ4n) is 2.84. The minimum atomic E-state index is -3.76. The molecule has 2 rings (SSSR count). The molecule has 1 saturated heterocycles. The van der Waals surface area contributed by atoms with Crippen molar-refractivity contribution in [2.24, 2.45) is 0 Å². The zero-order valence-electron chi connectivity index (χ0n) is 16.0. The van der Waals surface area contributed by atoms with Crippen molar-refractivity contribution < 1.29 is 27.5 Å². The predicted molar refractivity (Wildman–Crippen MR) is 98.8 cm³/mol. The SMILES string of the molecule is CC(C)NC(=O)COC(=O)c1cccc(S(=O)(=O)N2C[C@@H](C)O[C@H](C)C2)c1. The number of esters is 1. The Kier molecular flexibility index (Phi) is 6.96. The predicted octanol–water partition coefficient (Wildman–Crippen LogP) is 1.17. The Morgan fingerprint density at radius 2 is 1.89 bits per heavy atom. The largest absolute Gasteiger partial charge is 0.452 e. The van der Waals surface area contributed by atoms with Crippen LogP contribution >= 0.6 is 0 Å². The minimum absolute atomic E-state index is 0.00452. The standard InChI is InChI=1S/C18H26N2O6S/c1-12(2)19-17(21)11-25-18(22)15-6-5-7-16(8-15)27(23,24)20-9-13(3)26-14(4)10-20/h5-8,12-14H,9-11H2,1-4H3,(H,19,21)/t13-,14-/m1/s1. The van der Waals surface area contributed by atoms with Crippen LogP contribution in [0.1, 0.15) is 38.1 Å². The summed E-state index contributed by atoms with van der Waals surface area (Å²) in [6, 6.07) is 5.56. The Bertz CT molecular complexity index is 783. The molecule has 1 aromatic rings. The smallest absolute Gasteiger partial charge is 0.338 e. The average molecular weight is 398 g/mol. The summed E-state index contributed by atoms with van der Waals surface area (Å²) in [5, 5.41) is 2.61. The van der Waals surface area contributed by atoms with Gasteiger partial charge in [-0.15, -0.1) is 0 Å². The van der Waals surface area contributed by atoms with Gasteiger partial charge in [0.25, 0.3) is 5.91 Å². The molecule has 1 amide bonds. The van der Waals surface area contributed by atoms with E-state index >= 15 is 0 Å². The Hall–Kier alpha value is -1.97. The highest BCUT2D eigenvalue weighted by Gasteiger charge is 2.32. The zero-order chi connectivity index (χ0) is 20.2. The molecule has 2 atom stereocenters. The van der Waals surface area contributed by atoms with Crippen molar-refractivity contribution in [3.8, 4) is 0 Å². The number of sulfonamides is 1. The second-order valence-corrected chi connectivity index (χ2v) is 8.84. The van der Waals surface area contributed by atoms with Crippen LogP contribution < -0.4 is 5.32 Å². The van der Waals surface area contributed by atoms with Crippen LogP contribution in [0.4, 0.5) is 0 Å². The number of hydrogen-bond donors (Lipinski definition) is 1. The summed E-state index contributed by atoms with van der Waals surface area (Å²) in [7, 11) is -3.76. The van der Waals surface area contributed by atoms with E-state index in [0.717, 1.165) is 0 Å². The maximum Gasteiger partial charge on any atom is 0.338 e. The van der Waals surface area contributed by atoms with Gasteiger partial charge in [0.2, 0.25) is 10.0 Å². The maximum absolute atomic E-state index is 12.9. The molecule has 1 aliphatic heterocycles. The van der Waals surface area contributed by atoms with Crippen LogP contribution in [-0.4, -0.2) is 62.5 Å². The van der Waals surface area contributed by atoms with E-state index in [4.69, 9.17) is 9.47 Å². The molecule has 0 unspecified atom stereocenters. The molecular formula is C18H26N2O6S. The molecule has 150 valence electrons. The second kappa shape index (κ2) is 8.81. The number of morpholine rings is 1. The van der Waals surface area contributed by atoms with Crippen LogP contribution in [0.3, 0.4) is 0 Å². The third-order valence-corrected chi connectivity index (χ3v) is 5.71. The Labute approximate surface area is 159 Å². The Morgan fingerprint density at radius 3 is 2.48 bits per heavy atom. The summed E-state index contributed by atoms with van der Waals surface area (Å²) in [4.78, 5) is 23.7. The number of benzene rings is 1. The van der Waals surface area contributed by atoms with Gasteiger partial charge in [0.1, 0.15) is 0 Å². The topological polar surface area (TPSA) is 102 Å². The molecule has 0 spiro atoms. The summed E-state index contributed by atoms with van der Waals surface area (Å²) in [5.74, 6) is -1.17. The highest BCUT2D eigenvalue weighted by molar-refractivity contribution is 7.89. The van der Waals surface area contributed by atoms with E-state index in [1.54, 1.807) is 13.8 Å². The van der Waals surface area contributed by atoms with Crippen LogP contribution in [0.25, 0.3) is 0 Å². The van der Waals surface area contributed by atoms with Gasteiger partial charge in [-0.25, -0.2) is 13.2 Å². The molecule has 0 aliphatic carbocycles. The lowest BCUT2D eigenvalue weighted by Gasteiger charge is -2.34. The van der Waals surface area contributed by atoms with E-state index in [1.807, 2.05) is 13.8 Å². The molecule has 1 heterocycles. The molecule has 0 bridgehead atoms. The normalized spacial score (nSPS) is 21.1. The van der Waals surface area contributed by atoms with Crippen molar-refractivity contribution in [3.63, 3.8) is 0 Å². The lowest BCUT2D eigenvalue weighted by molar-refractivity contribution is -0.124. The van der Waals surface area contributed by atoms with E-state index in [-0.39, 0.29) is 41.8 Å². The van der Waals surface area contributed by atoms with E-state index in [2.05, 4.69) is 5.32 Å². The van der Waals surface area contributed by atoms with E-state index in [1.165, 1.54) is 28.6 Å². The molecule has 0 radical (unpaired) electrons. The van der Waals surface area contributed by atoms with Crippen molar-refractivity contribution in [2.75, 3.05) is 19.7 Å². The molecule has 1 aromatic carbocycles. The monoisotopic (exact) mass is 398 g/mol. The fraction of sp³-hybridized carbons (Fsp3) is 0.556. The average Bonchev–Trinajstić information content (AvgIpc) is 2.58. The summed E-state index contributed by atoms with van der Waals surface area (Å²) in [6.45, 7) is 7.28. The third-order valence-electron chi connectivity index (χ3n) is 3.88. The van der Waals surface area contributed by atoms with Crippen molar-refractivity contribution in [1.29, 1.82) is 0 Å². The van der Waals surface area contributed by atoms with Gasteiger partial charge >= 0.3 is 5.97 Å². The first kappa shape index (κ1) is 21.3. The first-order valence-electron chi connectivity index (χ1n) is 8.81. The first-order valence-corrected chi connectivity index (χ1v) is 10.3. The Morgan fingerprint density at radius 1 is 1.26 bits per heavy atom. The summed E-state index contributed by atoms with van der Waals surface area (Å²) >= 11 is 0. The number of carbonyl (C=O) groups excluding carboxylic acids is 2. The molecule has 8 nitrogen and oxygen atoms in total. The minimum Gasteiger partial charge on any atom is -0.452 e. The van der Waals surface area contributed by atoms with E-state index in [9.17, 15) is 18.0 Å². The number of hydrogen-bond acceptors (Lipinski definition) is 6. The van der Waals surface area contributed by atoms with Crippen molar-refractivity contribution in [3.05, 3.63) is 29.8 Å². The number of ether oxygens (including phenoxy) is 2. The highest BCUT2D eigenvalue weighted by atomic mass is 32.2. The quantitative estimate of drug-likeness (QED) is 0.722. The van der Waals surface area contributed by atoms with Crippen LogP contribution in [0.15, 0.2) is 29.2 Å². The molecule has 9 heteroatoms. The number of nitrogens with one attached hydrogen (secondary N) is 1. The molecule has 0 saturated carbocycles. The molecular weight excluding hydrogens is 372 g/mol. The van der Waals surface area contributed by atoms with Gasteiger partial charge in [-0.2, -0.15) is 4.31 Å². The molecule has 1 aliphatic rings. The van der Waals surface area contributed by atoms with Crippen LogP contribution in [0.2, 0.25) is 0 Å². The first-order chi connectivity index (χ1) is 12.6. The third kappa shape index (κ3) is 5.75. The molecule has 0 aromatic heterocycles. The summed E-state index contributed by atoms with van der Waals surface area (Å²) in [5.41, 5.74) is 0.0720. The van der Waals surface area contributed by atoms with Gasteiger partial charge in [-0.1, -0.05) is 6.07 Å². The maximum atomic E-state index is 12.9. The van der Waals surface area contributed by atoms with Crippen molar-refractivity contribution in [2.45, 2.75) is 50.8 Å². The van der Waals surface area contributed by atoms with Crippen LogP contribution in [0, 0.1) is 0 Å². The number of carbonyl (C=O) groups is 2. The van der Waals surface area contributed by atoms with E-state index < -0.39 is 28.5 Å². The summed E-state index contributed by atoms with van der Waals surface area (Å²) in [6.07, 6.45) is -0.424.